The molecule has 0 saturated carbocycles. The molecule has 0 aliphatic carbocycles. The van der Waals surface area contributed by atoms with E-state index in [2.05, 4.69) is 0 Å². The van der Waals surface area contributed by atoms with Gasteiger partial charge in [-0.25, -0.2) is 4.39 Å². The molecule has 1 N–H and O–H groups in total. The van der Waals surface area contributed by atoms with Crippen LogP contribution in [0.3, 0.4) is 0 Å². The summed E-state index contributed by atoms with van der Waals surface area (Å²) in [5.74, 6) is -0.540. The van der Waals surface area contributed by atoms with Crippen LogP contribution in [0.25, 0.3) is 0 Å². The molecule has 3 rings (SSSR count). The van der Waals surface area contributed by atoms with Gasteiger partial charge in [0.25, 0.3) is 5.91 Å². The second kappa shape index (κ2) is 6.69. The highest BCUT2D eigenvalue weighted by Crippen LogP contribution is 2.35. The Balaban J connectivity index is 1.82. The fraction of sp³-hybridized carbons (Fsp3) is 0.278. The zero-order valence-corrected chi connectivity index (χ0v) is 13.9. The van der Waals surface area contributed by atoms with E-state index in [4.69, 9.17) is 16.3 Å². The number of aromatic hydroxyl groups is 1. The second-order valence-corrected chi connectivity index (χ2v) is 6.17. The maximum Gasteiger partial charge on any atom is 0.257 e. The molecule has 0 unspecified atom stereocenters. The molecule has 0 aromatic heterocycles. The van der Waals surface area contributed by atoms with Crippen LogP contribution in [-0.2, 0) is 0 Å². The summed E-state index contributed by atoms with van der Waals surface area (Å²) in [7, 11) is 1.61. The number of hydrogen-bond donors (Lipinski definition) is 1. The van der Waals surface area contributed by atoms with Gasteiger partial charge in [0.2, 0.25) is 0 Å². The maximum absolute atomic E-state index is 13.5. The van der Waals surface area contributed by atoms with Crippen LogP contribution in [0, 0.1) is 5.82 Å². The first-order chi connectivity index (χ1) is 11.5. The van der Waals surface area contributed by atoms with Crippen LogP contribution in [0.1, 0.15) is 28.3 Å². The summed E-state index contributed by atoms with van der Waals surface area (Å²) < 4.78 is 18.9. The Bertz CT molecular complexity index is 781. The Labute approximate surface area is 144 Å². The first kappa shape index (κ1) is 16.6. The minimum Gasteiger partial charge on any atom is -0.506 e. The van der Waals surface area contributed by atoms with Gasteiger partial charge in [0.05, 0.1) is 17.7 Å². The highest BCUT2D eigenvalue weighted by atomic mass is 35.5. The fourth-order valence-electron chi connectivity index (χ4n) is 3.10. The number of phenolic OH excluding ortho intramolecular Hbond substituents is 1. The Morgan fingerprint density at radius 1 is 1.38 bits per heavy atom. The van der Waals surface area contributed by atoms with Crippen LogP contribution < -0.4 is 4.74 Å². The minimum atomic E-state index is -0.651. The van der Waals surface area contributed by atoms with Gasteiger partial charge in [-0.05, 0) is 30.2 Å². The fourth-order valence-corrected chi connectivity index (χ4v) is 3.31. The van der Waals surface area contributed by atoms with E-state index in [1.807, 2.05) is 24.3 Å². The zero-order chi connectivity index (χ0) is 17.3. The van der Waals surface area contributed by atoms with Crippen LogP contribution in [-0.4, -0.2) is 36.1 Å². The summed E-state index contributed by atoms with van der Waals surface area (Å²) in [5.41, 5.74) is 0.928. The van der Waals surface area contributed by atoms with Crippen molar-refractivity contribution in [1.82, 2.24) is 4.90 Å². The third kappa shape index (κ3) is 3.04. The number of likely N-dealkylation sites (tertiary alicyclic amines) is 1. The number of halogens is 2. The van der Waals surface area contributed by atoms with Gasteiger partial charge in [-0.15, -0.1) is 0 Å². The van der Waals surface area contributed by atoms with Crippen LogP contribution in [0.5, 0.6) is 11.5 Å². The standard InChI is InChI=1S/C18H17ClFNO3/c1-24-16-5-3-2-4-13(16)11-6-7-21(10-11)18(23)14-8-12(20)9-15(19)17(14)22/h2-5,8-9,11,22H,6-7,10H2,1H3/t11-/m1/s1. The Hall–Kier alpha value is -2.27. The molecular formula is C18H17ClFNO3. The molecule has 1 aliphatic rings. The van der Waals surface area contributed by atoms with Crippen molar-refractivity contribution in [3.8, 4) is 11.5 Å². The highest BCUT2D eigenvalue weighted by molar-refractivity contribution is 6.32. The number of carbonyl (C=O) groups excluding carboxylic acids is 1. The number of rotatable bonds is 3. The number of methoxy groups -OCH3 is 1. The predicted molar refractivity (Wildman–Crippen MR) is 89.3 cm³/mol. The third-order valence-corrected chi connectivity index (χ3v) is 4.60. The third-order valence-electron chi connectivity index (χ3n) is 4.31. The lowest BCUT2D eigenvalue weighted by Gasteiger charge is -2.18. The number of para-hydroxylation sites is 1. The topological polar surface area (TPSA) is 49.8 Å². The van der Waals surface area contributed by atoms with Gasteiger partial charge in [-0.1, -0.05) is 29.8 Å². The lowest BCUT2D eigenvalue weighted by Crippen LogP contribution is -2.28. The van der Waals surface area contributed by atoms with Crippen LogP contribution in [0.2, 0.25) is 5.02 Å². The van der Waals surface area contributed by atoms with Crippen LogP contribution >= 0.6 is 11.6 Å². The molecular weight excluding hydrogens is 333 g/mol. The summed E-state index contributed by atoms with van der Waals surface area (Å²) in [5, 5.41) is 9.78. The number of phenols is 1. The molecule has 126 valence electrons. The molecule has 0 radical (unpaired) electrons. The highest BCUT2D eigenvalue weighted by Gasteiger charge is 2.31. The van der Waals surface area contributed by atoms with Crippen molar-refractivity contribution in [3.63, 3.8) is 0 Å². The molecule has 1 heterocycles. The quantitative estimate of drug-likeness (QED) is 0.916. The molecule has 24 heavy (non-hydrogen) atoms. The molecule has 6 heteroatoms. The Morgan fingerprint density at radius 2 is 2.12 bits per heavy atom. The van der Waals surface area contributed by atoms with Crippen molar-refractivity contribution in [3.05, 3.63) is 58.4 Å². The first-order valence-electron chi connectivity index (χ1n) is 7.61. The summed E-state index contributed by atoms with van der Waals surface area (Å²) in [6, 6.07) is 9.69. The van der Waals surface area contributed by atoms with E-state index in [9.17, 15) is 14.3 Å². The van der Waals surface area contributed by atoms with Crippen molar-refractivity contribution in [2.75, 3.05) is 20.2 Å². The van der Waals surface area contributed by atoms with Gasteiger partial charge >= 0.3 is 0 Å². The minimum absolute atomic E-state index is 0.110. The molecule has 1 atom stereocenters. The van der Waals surface area contributed by atoms with E-state index in [1.165, 1.54) is 0 Å². The average molecular weight is 350 g/mol. The van der Waals surface area contributed by atoms with Gasteiger partial charge in [0.15, 0.2) is 0 Å². The molecule has 0 spiro atoms. The number of amides is 1. The largest absolute Gasteiger partial charge is 0.506 e. The molecule has 1 aliphatic heterocycles. The Morgan fingerprint density at radius 3 is 2.88 bits per heavy atom. The number of hydrogen-bond acceptors (Lipinski definition) is 3. The van der Waals surface area contributed by atoms with E-state index in [1.54, 1.807) is 12.0 Å². The number of ether oxygens (including phenoxy) is 1. The van der Waals surface area contributed by atoms with Gasteiger partial charge in [0.1, 0.15) is 17.3 Å². The first-order valence-corrected chi connectivity index (χ1v) is 7.99. The summed E-state index contributed by atoms with van der Waals surface area (Å²) in [6.07, 6.45) is 0.774. The van der Waals surface area contributed by atoms with Crippen molar-refractivity contribution >= 4 is 17.5 Å². The number of carbonyl (C=O) groups is 1. The average Bonchev–Trinajstić information content (AvgIpc) is 3.07. The molecule has 0 bridgehead atoms. The van der Waals surface area contributed by atoms with E-state index in [-0.39, 0.29) is 22.3 Å². The molecule has 1 amide bonds. The van der Waals surface area contributed by atoms with Crippen molar-refractivity contribution < 1.29 is 19.0 Å². The van der Waals surface area contributed by atoms with Crippen LogP contribution in [0.4, 0.5) is 4.39 Å². The van der Waals surface area contributed by atoms with E-state index < -0.39 is 11.7 Å². The number of nitrogens with zero attached hydrogens (tertiary/aromatic N) is 1. The molecule has 1 saturated heterocycles. The number of benzene rings is 2. The molecule has 1 fully saturated rings. The van der Waals surface area contributed by atoms with E-state index in [0.29, 0.717) is 13.1 Å². The monoisotopic (exact) mass is 349 g/mol. The Kier molecular flexibility index (Phi) is 4.62. The van der Waals surface area contributed by atoms with Gasteiger partial charge < -0.3 is 14.7 Å². The maximum atomic E-state index is 13.5. The van der Waals surface area contributed by atoms with Crippen molar-refractivity contribution in [2.24, 2.45) is 0 Å². The van der Waals surface area contributed by atoms with Gasteiger partial charge in [-0.2, -0.15) is 0 Å². The van der Waals surface area contributed by atoms with Gasteiger partial charge in [-0.3, -0.25) is 4.79 Å². The van der Waals surface area contributed by atoms with Crippen molar-refractivity contribution in [1.29, 1.82) is 0 Å². The lowest BCUT2D eigenvalue weighted by atomic mass is 9.97. The lowest BCUT2D eigenvalue weighted by molar-refractivity contribution is 0.0787. The normalized spacial score (nSPS) is 17.1. The van der Waals surface area contributed by atoms with Crippen molar-refractivity contribution in [2.45, 2.75) is 12.3 Å². The van der Waals surface area contributed by atoms with E-state index >= 15 is 0 Å². The summed E-state index contributed by atoms with van der Waals surface area (Å²) in [6.45, 7) is 1.00. The zero-order valence-electron chi connectivity index (χ0n) is 13.1. The second-order valence-electron chi connectivity index (χ2n) is 5.76. The SMILES string of the molecule is COc1ccccc1[C@@H]1CCN(C(=O)c2cc(F)cc(Cl)c2O)C1. The molecule has 2 aromatic rings. The van der Waals surface area contributed by atoms with Crippen LogP contribution in [0.15, 0.2) is 36.4 Å². The molecule has 2 aromatic carbocycles. The smallest absolute Gasteiger partial charge is 0.257 e. The van der Waals surface area contributed by atoms with E-state index in [0.717, 1.165) is 29.9 Å². The van der Waals surface area contributed by atoms with Gasteiger partial charge in [0, 0.05) is 19.0 Å². The predicted octanol–water partition coefficient (Wildman–Crippen LogP) is 3.82. The summed E-state index contributed by atoms with van der Waals surface area (Å²) in [4.78, 5) is 14.2. The molecule has 4 nitrogen and oxygen atoms in total. The summed E-state index contributed by atoms with van der Waals surface area (Å²) >= 11 is 5.76.